The Kier molecular flexibility index (Phi) is 35.0. The van der Waals surface area contributed by atoms with Crippen LogP contribution in [0.4, 0.5) is 0 Å². The van der Waals surface area contributed by atoms with Crippen LogP contribution < -0.4 is 11.1 Å². The van der Waals surface area contributed by atoms with Crippen molar-refractivity contribution in [2.24, 2.45) is 5.73 Å². The van der Waals surface area contributed by atoms with Gasteiger partial charge in [-0.3, -0.25) is 9.59 Å². The number of carbonyl (C=O) groups excluding carboxylic acids is 2. The van der Waals surface area contributed by atoms with Crippen molar-refractivity contribution in [3.05, 3.63) is 12.2 Å². The van der Waals surface area contributed by atoms with Crippen molar-refractivity contribution in [1.82, 2.24) is 5.32 Å². The van der Waals surface area contributed by atoms with Gasteiger partial charge in [-0.15, -0.1) is 0 Å². The molecule has 0 aliphatic rings. The van der Waals surface area contributed by atoms with E-state index in [1.165, 1.54) is 109 Å². The Morgan fingerprint density at radius 1 is 0.583 bits per heavy atom. The fourth-order valence-electron chi connectivity index (χ4n) is 6.21. The summed E-state index contributed by atoms with van der Waals surface area (Å²) in [4.78, 5) is 36.2. The topological polar surface area (TPSA) is 119 Å². The smallest absolute Gasteiger partial charge is 0.326 e. The Bertz CT molecular complexity index is 772. The third kappa shape index (κ3) is 32.6. The summed E-state index contributed by atoms with van der Waals surface area (Å²) in [5, 5.41) is 11.9. The summed E-state index contributed by atoms with van der Waals surface area (Å²) in [6.45, 7) is 4.92. The highest BCUT2D eigenvalue weighted by Gasteiger charge is 2.19. The molecule has 0 rings (SSSR count). The molecule has 2 atom stereocenters. The lowest BCUT2D eigenvalue weighted by atomic mass is 10.0. The lowest BCUT2D eigenvalue weighted by Gasteiger charge is -2.18. The number of allylic oxidation sites excluding steroid dienone is 2. The third-order valence-corrected chi connectivity index (χ3v) is 9.33. The molecule has 0 saturated heterocycles. The van der Waals surface area contributed by atoms with E-state index in [1.807, 2.05) is 0 Å². The molecule has 0 spiro atoms. The summed E-state index contributed by atoms with van der Waals surface area (Å²) in [5.41, 5.74) is 5.47. The third-order valence-electron chi connectivity index (χ3n) is 9.33. The molecule has 0 fully saturated rings. The molecule has 1 amide bonds. The highest BCUT2D eigenvalue weighted by molar-refractivity contribution is 5.83. The predicted molar refractivity (Wildman–Crippen MR) is 202 cm³/mol. The number of carboxylic acid groups (broad SMARTS) is 1. The van der Waals surface area contributed by atoms with Crippen molar-refractivity contribution < 1.29 is 24.2 Å². The van der Waals surface area contributed by atoms with Gasteiger partial charge in [0.25, 0.3) is 0 Å². The minimum absolute atomic E-state index is 0.0171. The highest BCUT2D eigenvalue weighted by atomic mass is 16.5. The normalized spacial score (nSPS) is 12.7. The summed E-state index contributed by atoms with van der Waals surface area (Å²) in [7, 11) is 0. The predicted octanol–water partition coefficient (Wildman–Crippen LogP) is 11.1. The molecular weight excluding hydrogens is 600 g/mol. The van der Waals surface area contributed by atoms with Gasteiger partial charge in [0, 0.05) is 12.8 Å². The number of ether oxygens (including phenoxy) is 1. The Balaban J connectivity index is 4.18. The molecule has 0 aromatic carbocycles. The Labute approximate surface area is 296 Å². The molecule has 0 radical (unpaired) electrons. The maximum Gasteiger partial charge on any atom is 0.326 e. The second-order valence-electron chi connectivity index (χ2n) is 14.1. The summed E-state index contributed by atoms with van der Waals surface area (Å²) in [6.07, 6.45) is 38.3. The number of esters is 1. The largest absolute Gasteiger partial charge is 0.480 e. The minimum Gasteiger partial charge on any atom is -0.480 e. The molecule has 0 saturated carbocycles. The summed E-state index contributed by atoms with van der Waals surface area (Å²) in [6, 6.07) is -0.853. The summed E-state index contributed by atoms with van der Waals surface area (Å²) < 4.78 is 6.00. The maximum atomic E-state index is 12.7. The fourth-order valence-corrected chi connectivity index (χ4v) is 6.21. The van der Waals surface area contributed by atoms with Gasteiger partial charge in [-0.25, -0.2) is 4.79 Å². The van der Waals surface area contributed by atoms with E-state index in [0.717, 1.165) is 64.2 Å². The Morgan fingerprint density at radius 2 is 1.02 bits per heavy atom. The van der Waals surface area contributed by atoms with E-state index in [-0.39, 0.29) is 18.0 Å². The standard InChI is InChI=1S/C41H78N2O5/c1-3-5-7-9-11-12-13-14-15-16-17-18-20-25-29-35-40(45)48-37(31-26-22-19-10-8-6-4-2)32-27-23-21-24-28-34-39(44)43-38(41(46)47)33-30-36-42/h14-15,37-38H,3-13,16-36,42H2,1-2H3,(H,43,44)(H,46,47)/b15-14-. The zero-order chi connectivity index (χ0) is 35.3. The zero-order valence-corrected chi connectivity index (χ0v) is 31.6. The van der Waals surface area contributed by atoms with Gasteiger partial charge in [0.05, 0.1) is 0 Å². The van der Waals surface area contributed by atoms with Gasteiger partial charge in [-0.1, -0.05) is 135 Å². The van der Waals surface area contributed by atoms with Crippen molar-refractivity contribution >= 4 is 17.8 Å². The van der Waals surface area contributed by atoms with E-state index >= 15 is 0 Å². The molecule has 282 valence electrons. The van der Waals surface area contributed by atoms with Gasteiger partial charge in [0.15, 0.2) is 0 Å². The van der Waals surface area contributed by atoms with Crippen molar-refractivity contribution in [1.29, 1.82) is 0 Å². The number of carbonyl (C=O) groups is 3. The summed E-state index contributed by atoms with van der Waals surface area (Å²) >= 11 is 0. The molecule has 2 unspecified atom stereocenters. The van der Waals surface area contributed by atoms with Gasteiger partial charge >= 0.3 is 11.9 Å². The zero-order valence-electron chi connectivity index (χ0n) is 31.6. The number of hydrogen-bond acceptors (Lipinski definition) is 5. The van der Waals surface area contributed by atoms with E-state index < -0.39 is 12.0 Å². The van der Waals surface area contributed by atoms with Gasteiger partial charge in [-0.05, 0) is 83.6 Å². The molecule has 0 aromatic heterocycles. The van der Waals surface area contributed by atoms with Crippen molar-refractivity contribution in [2.45, 2.75) is 225 Å². The number of nitrogens with one attached hydrogen (secondary N) is 1. The van der Waals surface area contributed by atoms with Crippen molar-refractivity contribution in [2.75, 3.05) is 6.54 Å². The SMILES string of the molecule is CCCCCCCC/C=C\CCCCCCCC(=O)OC(CCCCCCCCC)CCCCCCCC(=O)NC(CCCN)C(=O)O. The first-order valence-corrected chi connectivity index (χ1v) is 20.5. The van der Waals surface area contributed by atoms with Crippen LogP contribution in [0.25, 0.3) is 0 Å². The van der Waals surface area contributed by atoms with Crippen LogP contribution in [0.15, 0.2) is 12.2 Å². The van der Waals surface area contributed by atoms with E-state index in [9.17, 15) is 19.5 Å². The quantitative estimate of drug-likeness (QED) is 0.0342. The fraction of sp³-hybridized carbons (Fsp3) is 0.878. The lowest BCUT2D eigenvalue weighted by molar-refractivity contribution is -0.150. The molecule has 0 heterocycles. The number of nitrogens with two attached hydrogens (primary N) is 1. The van der Waals surface area contributed by atoms with Gasteiger partial charge < -0.3 is 20.9 Å². The monoisotopic (exact) mass is 679 g/mol. The van der Waals surface area contributed by atoms with Crippen LogP contribution in [0.1, 0.15) is 213 Å². The average molecular weight is 679 g/mol. The van der Waals surface area contributed by atoms with Crippen LogP contribution in [-0.4, -0.2) is 41.6 Å². The van der Waals surface area contributed by atoms with Crippen LogP contribution >= 0.6 is 0 Å². The molecular formula is C41H78N2O5. The van der Waals surface area contributed by atoms with Crippen LogP contribution in [-0.2, 0) is 19.1 Å². The number of aliphatic carboxylic acids is 1. The second kappa shape index (κ2) is 36.4. The van der Waals surface area contributed by atoms with E-state index in [1.54, 1.807) is 0 Å². The van der Waals surface area contributed by atoms with Crippen LogP contribution in [0.5, 0.6) is 0 Å². The molecule has 4 N–H and O–H groups in total. The number of unbranched alkanes of at least 4 members (excludes halogenated alkanes) is 21. The maximum absolute atomic E-state index is 12.7. The molecule has 0 bridgehead atoms. The Morgan fingerprint density at radius 3 is 1.50 bits per heavy atom. The molecule has 0 aromatic rings. The molecule has 7 nitrogen and oxygen atoms in total. The highest BCUT2D eigenvalue weighted by Crippen LogP contribution is 2.19. The van der Waals surface area contributed by atoms with E-state index in [4.69, 9.17) is 10.5 Å². The first-order chi connectivity index (χ1) is 23.4. The van der Waals surface area contributed by atoms with Gasteiger partial charge in [0.1, 0.15) is 12.1 Å². The number of hydrogen-bond donors (Lipinski definition) is 3. The first kappa shape index (κ1) is 46.1. The van der Waals surface area contributed by atoms with E-state index in [2.05, 4.69) is 31.3 Å². The van der Waals surface area contributed by atoms with E-state index in [0.29, 0.717) is 32.2 Å². The van der Waals surface area contributed by atoms with Crippen LogP contribution in [0.3, 0.4) is 0 Å². The van der Waals surface area contributed by atoms with Gasteiger partial charge in [-0.2, -0.15) is 0 Å². The van der Waals surface area contributed by atoms with Crippen molar-refractivity contribution in [3.63, 3.8) is 0 Å². The number of amides is 1. The van der Waals surface area contributed by atoms with Crippen LogP contribution in [0, 0.1) is 0 Å². The second-order valence-corrected chi connectivity index (χ2v) is 14.1. The molecule has 0 aliphatic carbocycles. The molecule has 48 heavy (non-hydrogen) atoms. The molecule has 0 aliphatic heterocycles. The molecule has 7 heteroatoms. The Hall–Kier alpha value is -1.89. The number of carboxylic acids is 1. The first-order valence-electron chi connectivity index (χ1n) is 20.5. The van der Waals surface area contributed by atoms with Crippen molar-refractivity contribution in [3.8, 4) is 0 Å². The average Bonchev–Trinajstić information content (AvgIpc) is 3.07. The van der Waals surface area contributed by atoms with Gasteiger partial charge in [0.2, 0.25) is 5.91 Å². The number of rotatable bonds is 37. The lowest BCUT2D eigenvalue weighted by Crippen LogP contribution is -2.40. The minimum atomic E-state index is -1.00. The summed E-state index contributed by atoms with van der Waals surface area (Å²) in [5.74, 6) is -1.23. The van der Waals surface area contributed by atoms with Crippen LogP contribution in [0.2, 0.25) is 0 Å².